The smallest absolute Gasteiger partial charge is 0.338 e. The van der Waals surface area contributed by atoms with E-state index in [0.717, 1.165) is 16.4 Å². The second-order valence-corrected chi connectivity index (χ2v) is 8.01. The lowest BCUT2D eigenvalue weighted by molar-refractivity contribution is -0.136. The fourth-order valence-electron chi connectivity index (χ4n) is 3.37. The third kappa shape index (κ3) is 4.21. The summed E-state index contributed by atoms with van der Waals surface area (Å²) >= 11 is 7.72. The Hall–Kier alpha value is -2.25. The zero-order valence-electron chi connectivity index (χ0n) is 16.9. The van der Waals surface area contributed by atoms with Gasteiger partial charge in [0.05, 0.1) is 30.8 Å². The molecule has 1 aromatic rings. The minimum absolute atomic E-state index is 0.00956. The molecule has 0 radical (unpaired) electrons. The van der Waals surface area contributed by atoms with Gasteiger partial charge in [0.15, 0.2) is 5.17 Å². The number of amides is 1. The molecule has 0 saturated carbocycles. The molecule has 8 heteroatoms. The number of amidine groups is 1. The number of thioether (sulfide) groups is 1. The number of nitrogens with zero attached hydrogens (tertiary/aromatic N) is 3. The van der Waals surface area contributed by atoms with Crippen LogP contribution in [0.2, 0.25) is 5.02 Å². The SMILES string of the molecule is CCC1=C(C(=O)OC)C(c2cccc(Cl)c2)N2C(CC(=O)N(C)CC)=CSC2=N1. The number of fused-ring (bicyclic) bond motifs is 1. The summed E-state index contributed by atoms with van der Waals surface area (Å²) in [6.07, 6.45) is 0.815. The first kappa shape index (κ1) is 21.5. The highest BCUT2D eigenvalue weighted by Gasteiger charge is 2.41. The van der Waals surface area contributed by atoms with E-state index in [1.165, 1.54) is 18.9 Å². The Bertz CT molecular complexity index is 926. The highest BCUT2D eigenvalue weighted by Crippen LogP contribution is 2.45. The van der Waals surface area contributed by atoms with E-state index in [-0.39, 0.29) is 12.3 Å². The Morgan fingerprint density at radius 1 is 1.34 bits per heavy atom. The minimum atomic E-state index is -0.454. The highest BCUT2D eigenvalue weighted by molar-refractivity contribution is 8.16. The van der Waals surface area contributed by atoms with Crippen LogP contribution < -0.4 is 0 Å². The van der Waals surface area contributed by atoms with Crippen LogP contribution >= 0.6 is 23.4 Å². The van der Waals surface area contributed by atoms with E-state index in [1.807, 2.05) is 42.4 Å². The molecule has 0 saturated heterocycles. The molecule has 2 aliphatic rings. The molecule has 29 heavy (non-hydrogen) atoms. The summed E-state index contributed by atoms with van der Waals surface area (Å²) in [5.74, 6) is -0.418. The molecule has 1 unspecified atom stereocenters. The zero-order chi connectivity index (χ0) is 21.1. The monoisotopic (exact) mass is 433 g/mol. The molecule has 1 aromatic carbocycles. The van der Waals surface area contributed by atoms with Crippen molar-refractivity contribution in [1.29, 1.82) is 0 Å². The lowest BCUT2D eigenvalue weighted by atomic mass is 9.93. The van der Waals surface area contributed by atoms with Crippen molar-refractivity contribution in [2.75, 3.05) is 20.7 Å². The van der Waals surface area contributed by atoms with Gasteiger partial charge in [-0.3, -0.25) is 4.79 Å². The predicted molar refractivity (Wildman–Crippen MR) is 116 cm³/mol. The van der Waals surface area contributed by atoms with Crippen molar-refractivity contribution in [3.8, 4) is 0 Å². The summed E-state index contributed by atoms with van der Waals surface area (Å²) in [5.41, 5.74) is 2.82. The first-order valence-corrected chi connectivity index (χ1v) is 10.7. The molecule has 0 aliphatic carbocycles. The molecule has 2 heterocycles. The van der Waals surface area contributed by atoms with Gasteiger partial charge in [-0.1, -0.05) is 42.4 Å². The Morgan fingerprint density at radius 2 is 2.10 bits per heavy atom. The van der Waals surface area contributed by atoms with Gasteiger partial charge in [0.1, 0.15) is 0 Å². The predicted octanol–water partition coefficient (Wildman–Crippen LogP) is 4.35. The van der Waals surface area contributed by atoms with Crippen molar-refractivity contribution in [2.24, 2.45) is 4.99 Å². The number of methoxy groups -OCH3 is 1. The van der Waals surface area contributed by atoms with Gasteiger partial charge in [0.2, 0.25) is 5.91 Å². The van der Waals surface area contributed by atoms with Crippen LogP contribution in [0, 0.1) is 0 Å². The van der Waals surface area contributed by atoms with Crippen LogP contribution in [0.15, 0.2) is 51.6 Å². The minimum Gasteiger partial charge on any atom is -0.466 e. The molecule has 154 valence electrons. The Labute approximate surface area is 180 Å². The van der Waals surface area contributed by atoms with E-state index in [2.05, 4.69) is 0 Å². The van der Waals surface area contributed by atoms with Crippen molar-refractivity contribution in [3.05, 3.63) is 57.2 Å². The third-order valence-electron chi connectivity index (χ3n) is 5.03. The molecule has 6 nitrogen and oxygen atoms in total. The molecule has 0 fully saturated rings. The number of hydrogen-bond donors (Lipinski definition) is 0. The van der Waals surface area contributed by atoms with Gasteiger partial charge in [-0.2, -0.15) is 0 Å². The van der Waals surface area contributed by atoms with Crippen LogP contribution in [0.5, 0.6) is 0 Å². The normalized spacial score (nSPS) is 18.2. The second-order valence-electron chi connectivity index (χ2n) is 6.74. The maximum Gasteiger partial charge on any atom is 0.338 e. The van der Waals surface area contributed by atoms with E-state index >= 15 is 0 Å². The number of hydrogen-bond acceptors (Lipinski definition) is 6. The van der Waals surface area contributed by atoms with Gasteiger partial charge in [-0.15, -0.1) is 0 Å². The summed E-state index contributed by atoms with van der Waals surface area (Å²) in [6.45, 7) is 4.52. The van der Waals surface area contributed by atoms with E-state index < -0.39 is 12.0 Å². The average Bonchev–Trinajstić information content (AvgIpc) is 3.13. The number of rotatable bonds is 6. The van der Waals surface area contributed by atoms with Crippen LogP contribution in [0.25, 0.3) is 0 Å². The zero-order valence-corrected chi connectivity index (χ0v) is 18.5. The first-order valence-electron chi connectivity index (χ1n) is 9.45. The van der Waals surface area contributed by atoms with Crippen LogP contribution in [-0.2, 0) is 14.3 Å². The van der Waals surface area contributed by atoms with Crippen LogP contribution in [-0.4, -0.2) is 47.5 Å². The number of carbonyl (C=O) groups excluding carboxylic acids is 2. The molecule has 0 bridgehead atoms. The van der Waals surface area contributed by atoms with Crippen molar-refractivity contribution < 1.29 is 14.3 Å². The number of ether oxygens (including phenoxy) is 1. The van der Waals surface area contributed by atoms with Crippen LogP contribution in [0.3, 0.4) is 0 Å². The summed E-state index contributed by atoms with van der Waals surface area (Å²) < 4.78 is 5.10. The fraction of sp³-hybridized carbons (Fsp3) is 0.381. The van der Waals surface area contributed by atoms with Gasteiger partial charge < -0.3 is 14.5 Å². The lowest BCUT2D eigenvalue weighted by Crippen LogP contribution is -2.38. The highest BCUT2D eigenvalue weighted by atomic mass is 35.5. The van der Waals surface area contributed by atoms with E-state index in [1.54, 1.807) is 18.0 Å². The van der Waals surface area contributed by atoms with E-state index in [9.17, 15) is 9.59 Å². The maximum atomic E-state index is 12.8. The Balaban J connectivity index is 2.10. The number of aliphatic imine (C=N–C) groups is 1. The molecular weight excluding hydrogens is 410 g/mol. The van der Waals surface area contributed by atoms with E-state index in [0.29, 0.717) is 29.3 Å². The van der Waals surface area contributed by atoms with Gasteiger partial charge >= 0.3 is 5.97 Å². The summed E-state index contributed by atoms with van der Waals surface area (Å²) in [5, 5.41) is 3.26. The van der Waals surface area contributed by atoms with E-state index in [4.69, 9.17) is 21.3 Å². The molecule has 0 N–H and O–H groups in total. The molecule has 2 aliphatic heterocycles. The molecule has 0 aromatic heterocycles. The lowest BCUT2D eigenvalue weighted by Gasteiger charge is -2.36. The fourth-order valence-corrected chi connectivity index (χ4v) is 4.51. The average molecular weight is 434 g/mol. The topological polar surface area (TPSA) is 62.2 Å². The standard InChI is InChI=1S/C21H24ClN3O3S/c1-5-16-18(20(27)28-4)19(13-8-7-9-14(22)10-13)25-15(12-29-21(25)23-16)11-17(26)24(3)6-2/h7-10,12,19H,5-6,11H2,1-4H3. The first-order chi connectivity index (χ1) is 13.9. The summed E-state index contributed by atoms with van der Waals surface area (Å²) in [7, 11) is 3.14. The number of carbonyl (C=O) groups is 2. The van der Waals surface area contributed by atoms with Gasteiger partial charge in [-0.25, -0.2) is 9.79 Å². The maximum absolute atomic E-state index is 12.8. The largest absolute Gasteiger partial charge is 0.466 e. The van der Waals surface area contributed by atoms with Gasteiger partial charge in [-0.05, 0) is 36.4 Å². The molecule has 1 atom stereocenters. The Morgan fingerprint density at radius 3 is 2.72 bits per heavy atom. The molecule has 3 rings (SSSR count). The summed E-state index contributed by atoms with van der Waals surface area (Å²) in [6, 6.07) is 6.96. The van der Waals surface area contributed by atoms with Gasteiger partial charge in [0.25, 0.3) is 0 Å². The number of benzene rings is 1. The third-order valence-corrected chi connectivity index (χ3v) is 6.15. The van der Waals surface area contributed by atoms with Crippen LogP contribution in [0.1, 0.15) is 38.3 Å². The number of allylic oxidation sites excluding steroid dienone is 1. The molecule has 1 amide bonds. The summed E-state index contributed by atoms with van der Waals surface area (Å²) in [4.78, 5) is 33.7. The van der Waals surface area contributed by atoms with Crippen molar-refractivity contribution in [2.45, 2.75) is 32.7 Å². The van der Waals surface area contributed by atoms with Crippen LogP contribution in [0.4, 0.5) is 0 Å². The molecule has 0 spiro atoms. The van der Waals surface area contributed by atoms with Crippen molar-refractivity contribution in [3.63, 3.8) is 0 Å². The van der Waals surface area contributed by atoms with Crippen molar-refractivity contribution >= 4 is 40.4 Å². The molecular formula is C21H24ClN3O3S. The number of halogens is 1. The Kier molecular flexibility index (Phi) is 6.70. The van der Waals surface area contributed by atoms with Crippen molar-refractivity contribution in [1.82, 2.24) is 9.80 Å². The number of esters is 1. The second kappa shape index (κ2) is 9.05. The quantitative estimate of drug-likeness (QED) is 0.624. The van der Waals surface area contributed by atoms with Gasteiger partial charge in [0, 0.05) is 24.3 Å².